The van der Waals surface area contributed by atoms with E-state index in [9.17, 15) is 4.39 Å². The minimum Gasteiger partial charge on any atom is -0.330 e. The molecule has 4 N–H and O–H groups in total. The Balaban J connectivity index is 2.79. The SMILES string of the molecule is NCC[C@H](N)c1cccnc1F. The number of nitrogens with two attached hydrogens (primary N) is 2. The van der Waals surface area contributed by atoms with Gasteiger partial charge in [-0.05, 0) is 19.0 Å². The van der Waals surface area contributed by atoms with Crippen molar-refractivity contribution in [1.82, 2.24) is 4.98 Å². The van der Waals surface area contributed by atoms with E-state index in [-0.39, 0.29) is 6.04 Å². The first-order valence-electron chi connectivity index (χ1n) is 3.81. The number of halogens is 1. The van der Waals surface area contributed by atoms with Gasteiger partial charge in [-0.1, -0.05) is 6.07 Å². The summed E-state index contributed by atoms with van der Waals surface area (Å²) in [5.41, 5.74) is 11.4. The van der Waals surface area contributed by atoms with Gasteiger partial charge in [0.1, 0.15) is 0 Å². The second-order valence-electron chi connectivity index (χ2n) is 2.57. The molecule has 12 heavy (non-hydrogen) atoms. The van der Waals surface area contributed by atoms with Crippen LogP contribution in [-0.4, -0.2) is 11.5 Å². The quantitative estimate of drug-likeness (QED) is 0.650. The van der Waals surface area contributed by atoms with E-state index in [0.717, 1.165) is 0 Å². The zero-order valence-electron chi connectivity index (χ0n) is 6.70. The van der Waals surface area contributed by atoms with Crippen molar-refractivity contribution < 1.29 is 4.39 Å². The highest BCUT2D eigenvalue weighted by Gasteiger charge is 2.09. The van der Waals surface area contributed by atoms with Crippen molar-refractivity contribution in [2.24, 2.45) is 11.5 Å². The molecule has 0 radical (unpaired) electrons. The number of nitrogens with zero attached hydrogens (tertiary/aromatic N) is 1. The molecular weight excluding hydrogens is 157 g/mol. The lowest BCUT2D eigenvalue weighted by Crippen LogP contribution is -2.16. The van der Waals surface area contributed by atoms with Crippen LogP contribution in [0.3, 0.4) is 0 Å². The summed E-state index contributed by atoms with van der Waals surface area (Å²) in [5, 5.41) is 0. The third kappa shape index (κ3) is 1.99. The first kappa shape index (κ1) is 9.09. The van der Waals surface area contributed by atoms with Crippen LogP contribution in [0.1, 0.15) is 18.0 Å². The van der Waals surface area contributed by atoms with Gasteiger partial charge < -0.3 is 11.5 Å². The van der Waals surface area contributed by atoms with Crippen LogP contribution in [-0.2, 0) is 0 Å². The third-order valence-corrected chi connectivity index (χ3v) is 1.67. The molecule has 0 aromatic carbocycles. The van der Waals surface area contributed by atoms with Crippen LogP contribution < -0.4 is 11.5 Å². The van der Waals surface area contributed by atoms with Gasteiger partial charge in [0.05, 0.1) is 0 Å². The molecule has 0 aliphatic rings. The topological polar surface area (TPSA) is 64.9 Å². The molecule has 1 rings (SSSR count). The highest BCUT2D eigenvalue weighted by molar-refractivity contribution is 5.14. The average Bonchev–Trinajstić information content (AvgIpc) is 2.05. The van der Waals surface area contributed by atoms with Crippen molar-refractivity contribution in [3.05, 3.63) is 29.8 Å². The Morgan fingerprint density at radius 2 is 2.33 bits per heavy atom. The summed E-state index contributed by atoms with van der Waals surface area (Å²) in [6.45, 7) is 0.454. The Bertz CT molecular complexity index is 252. The van der Waals surface area contributed by atoms with E-state index in [1.54, 1.807) is 12.1 Å². The molecule has 0 amide bonds. The van der Waals surface area contributed by atoms with Gasteiger partial charge in [-0.2, -0.15) is 4.39 Å². The van der Waals surface area contributed by atoms with Crippen LogP contribution in [0.15, 0.2) is 18.3 Å². The van der Waals surface area contributed by atoms with Crippen LogP contribution in [0.4, 0.5) is 4.39 Å². The van der Waals surface area contributed by atoms with Crippen molar-refractivity contribution >= 4 is 0 Å². The van der Waals surface area contributed by atoms with Crippen molar-refractivity contribution in [2.45, 2.75) is 12.5 Å². The molecule has 0 spiro atoms. The molecule has 1 aromatic rings. The van der Waals surface area contributed by atoms with Crippen molar-refractivity contribution in [3.63, 3.8) is 0 Å². The summed E-state index contributed by atoms with van der Waals surface area (Å²) < 4.78 is 12.9. The van der Waals surface area contributed by atoms with Crippen LogP contribution in [0, 0.1) is 5.95 Å². The van der Waals surface area contributed by atoms with E-state index < -0.39 is 5.95 Å². The molecule has 4 heteroatoms. The largest absolute Gasteiger partial charge is 0.330 e. The molecule has 0 bridgehead atoms. The Hall–Kier alpha value is -1.00. The van der Waals surface area contributed by atoms with Gasteiger partial charge in [0.25, 0.3) is 0 Å². The van der Waals surface area contributed by atoms with Gasteiger partial charge in [0.2, 0.25) is 5.95 Å². The number of hydrogen-bond acceptors (Lipinski definition) is 3. The van der Waals surface area contributed by atoms with Gasteiger partial charge in [-0.3, -0.25) is 0 Å². The molecule has 0 aliphatic heterocycles. The summed E-state index contributed by atoms with van der Waals surface area (Å²) in [7, 11) is 0. The molecule has 0 saturated heterocycles. The van der Waals surface area contributed by atoms with Gasteiger partial charge in [0, 0.05) is 17.8 Å². The summed E-state index contributed by atoms with van der Waals surface area (Å²) in [6, 6.07) is 2.95. The summed E-state index contributed by atoms with van der Waals surface area (Å²) in [5.74, 6) is -0.501. The van der Waals surface area contributed by atoms with Gasteiger partial charge in [-0.15, -0.1) is 0 Å². The van der Waals surface area contributed by atoms with E-state index in [1.165, 1.54) is 6.20 Å². The van der Waals surface area contributed by atoms with Crippen LogP contribution >= 0.6 is 0 Å². The van der Waals surface area contributed by atoms with Crippen molar-refractivity contribution in [3.8, 4) is 0 Å². The number of hydrogen-bond donors (Lipinski definition) is 2. The van der Waals surface area contributed by atoms with Crippen molar-refractivity contribution in [1.29, 1.82) is 0 Å². The van der Waals surface area contributed by atoms with E-state index >= 15 is 0 Å². The highest BCUT2D eigenvalue weighted by Crippen LogP contribution is 2.14. The predicted octanol–water partition coefficient (Wildman–Crippen LogP) is 0.569. The summed E-state index contributed by atoms with van der Waals surface area (Å²) in [6.07, 6.45) is 1.97. The smallest absolute Gasteiger partial charge is 0.217 e. The Labute approximate surface area is 70.6 Å². The fourth-order valence-electron chi connectivity index (χ4n) is 1.01. The lowest BCUT2D eigenvalue weighted by Gasteiger charge is -2.09. The first-order chi connectivity index (χ1) is 5.75. The maximum Gasteiger partial charge on any atom is 0.217 e. The zero-order chi connectivity index (χ0) is 8.97. The van der Waals surface area contributed by atoms with Gasteiger partial charge >= 0.3 is 0 Å². The maximum absolute atomic E-state index is 12.9. The van der Waals surface area contributed by atoms with Gasteiger partial charge in [0.15, 0.2) is 0 Å². The maximum atomic E-state index is 12.9. The third-order valence-electron chi connectivity index (χ3n) is 1.67. The Morgan fingerprint density at radius 1 is 1.58 bits per heavy atom. The minimum absolute atomic E-state index is 0.344. The van der Waals surface area contributed by atoms with Crippen LogP contribution in [0.5, 0.6) is 0 Å². The molecule has 0 fully saturated rings. The van der Waals surface area contributed by atoms with Crippen LogP contribution in [0.2, 0.25) is 0 Å². The first-order valence-corrected chi connectivity index (χ1v) is 3.81. The molecule has 0 saturated carbocycles. The summed E-state index contributed by atoms with van der Waals surface area (Å²) in [4.78, 5) is 3.49. The molecule has 0 aliphatic carbocycles. The monoisotopic (exact) mass is 169 g/mol. The normalized spacial score (nSPS) is 12.9. The second kappa shape index (κ2) is 4.13. The standard InChI is InChI=1S/C8H12FN3/c9-8-6(2-1-5-12-8)7(11)3-4-10/h1-2,5,7H,3-4,10-11H2/t7-/m0/s1. The number of pyridine rings is 1. The Kier molecular flexibility index (Phi) is 3.13. The minimum atomic E-state index is -0.501. The Morgan fingerprint density at radius 3 is 2.92 bits per heavy atom. The van der Waals surface area contributed by atoms with E-state index in [2.05, 4.69) is 4.98 Å². The van der Waals surface area contributed by atoms with Gasteiger partial charge in [-0.25, -0.2) is 4.98 Å². The lowest BCUT2D eigenvalue weighted by molar-refractivity contribution is 0.535. The number of aromatic nitrogens is 1. The molecule has 1 atom stereocenters. The molecule has 1 heterocycles. The van der Waals surface area contributed by atoms with E-state index in [1.807, 2.05) is 0 Å². The van der Waals surface area contributed by atoms with Crippen molar-refractivity contribution in [2.75, 3.05) is 6.54 Å². The summed E-state index contributed by atoms with van der Waals surface area (Å²) >= 11 is 0. The number of rotatable bonds is 3. The molecule has 0 unspecified atom stereocenters. The van der Waals surface area contributed by atoms with E-state index in [0.29, 0.717) is 18.5 Å². The van der Waals surface area contributed by atoms with Crippen LogP contribution in [0.25, 0.3) is 0 Å². The highest BCUT2D eigenvalue weighted by atomic mass is 19.1. The van der Waals surface area contributed by atoms with E-state index in [4.69, 9.17) is 11.5 Å². The second-order valence-corrected chi connectivity index (χ2v) is 2.57. The molecule has 66 valence electrons. The fraction of sp³-hybridized carbons (Fsp3) is 0.375. The molecule has 3 nitrogen and oxygen atoms in total. The lowest BCUT2D eigenvalue weighted by atomic mass is 10.1. The molecule has 1 aromatic heterocycles. The molecular formula is C8H12FN3. The fourth-order valence-corrected chi connectivity index (χ4v) is 1.01. The zero-order valence-corrected chi connectivity index (χ0v) is 6.70. The predicted molar refractivity (Wildman–Crippen MR) is 44.8 cm³/mol. The average molecular weight is 169 g/mol.